The van der Waals surface area contributed by atoms with Crippen molar-refractivity contribution in [3.8, 4) is 0 Å². The smallest absolute Gasteiger partial charge is 1.00 e. The Hall–Kier alpha value is 0.0600. The predicted octanol–water partition coefficient (Wildman–Crippen LogP) is -3.45. The molecular formula is CH5NaO9S. The number of rotatable bonds is 1. The summed E-state index contributed by atoms with van der Waals surface area (Å²) in [6.45, 7) is 0. The second-order valence-electron chi connectivity index (χ2n) is 0.859. The number of hydrogen-bond acceptors (Lipinski definition) is 7. The standard InChI is InChI=1S/CH2O4.Na.H2O5S.H/c2-1(3)5-4;;1-5-6(2,3)4;/h4H,(H,2,3);;1H,(H,2,3,4);/q;+1;;-1. The molecule has 0 aromatic rings. The van der Waals surface area contributed by atoms with E-state index in [1.165, 1.54) is 0 Å². The molecule has 0 bridgehead atoms. The van der Waals surface area contributed by atoms with Crippen molar-refractivity contribution >= 4 is 16.6 Å². The molecule has 0 radical (unpaired) electrons. The van der Waals surface area contributed by atoms with E-state index in [2.05, 4.69) is 9.22 Å². The molecule has 0 spiro atoms. The second kappa shape index (κ2) is 9.15. The van der Waals surface area contributed by atoms with Crippen LogP contribution in [0, 0.1) is 0 Å². The number of carboxylic acid groups (broad SMARTS) is 1. The van der Waals surface area contributed by atoms with E-state index in [1.54, 1.807) is 0 Å². The third kappa shape index (κ3) is 32.3. The predicted molar refractivity (Wildman–Crippen MR) is 28.1 cm³/mol. The van der Waals surface area contributed by atoms with Gasteiger partial charge in [0.15, 0.2) is 0 Å². The Bertz CT molecular complexity index is 198. The van der Waals surface area contributed by atoms with Crippen LogP contribution in [0.5, 0.6) is 0 Å². The van der Waals surface area contributed by atoms with Crippen molar-refractivity contribution in [3.05, 3.63) is 0 Å². The first-order valence-corrected chi connectivity index (χ1v) is 3.04. The van der Waals surface area contributed by atoms with Crippen molar-refractivity contribution in [1.29, 1.82) is 0 Å². The van der Waals surface area contributed by atoms with Gasteiger partial charge in [0.25, 0.3) is 0 Å². The third-order valence-electron chi connectivity index (χ3n) is 0.172. The second-order valence-corrected chi connectivity index (χ2v) is 1.86. The van der Waals surface area contributed by atoms with Gasteiger partial charge in [0.05, 0.1) is 0 Å². The summed E-state index contributed by atoms with van der Waals surface area (Å²) in [5.41, 5.74) is 0. The number of carbonyl (C=O) groups is 1. The van der Waals surface area contributed by atoms with Crippen molar-refractivity contribution in [1.82, 2.24) is 0 Å². The van der Waals surface area contributed by atoms with Crippen molar-refractivity contribution in [2.75, 3.05) is 0 Å². The Morgan fingerprint density at radius 2 is 1.50 bits per heavy atom. The van der Waals surface area contributed by atoms with Gasteiger partial charge in [-0.3, -0.25) is 9.44 Å². The molecule has 0 atom stereocenters. The average Bonchev–Trinajstić information content (AvgIpc) is 1.88. The summed E-state index contributed by atoms with van der Waals surface area (Å²) in [4.78, 5) is 11.6. The molecule has 0 amide bonds. The van der Waals surface area contributed by atoms with Crippen LogP contribution in [-0.4, -0.2) is 34.7 Å². The molecule has 4 N–H and O–H groups in total. The molecular weight excluding hydrogens is 211 g/mol. The minimum absolute atomic E-state index is 0. The minimum atomic E-state index is -4.61. The molecule has 0 saturated carbocycles. The van der Waals surface area contributed by atoms with Crippen LogP contribution in [0.1, 0.15) is 1.43 Å². The minimum Gasteiger partial charge on any atom is -1.00 e. The maximum Gasteiger partial charge on any atom is 1.00 e. The van der Waals surface area contributed by atoms with Crippen LogP contribution in [0.15, 0.2) is 0 Å². The van der Waals surface area contributed by atoms with Gasteiger partial charge in [0.2, 0.25) is 0 Å². The maximum absolute atomic E-state index is 9.08. The van der Waals surface area contributed by atoms with E-state index < -0.39 is 16.6 Å². The van der Waals surface area contributed by atoms with Crippen molar-refractivity contribution in [3.63, 3.8) is 0 Å². The van der Waals surface area contributed by atoms with E-state index in [-0.39, 0.29) is 31.0 Å². The molecule has 0 aliphatic rings. The van der Waals surface area contributed by atoms with Crippen LogP contribution >= 0.6 is 0 Å². The maximum atomic E-state index is 9.08. The fourth-order valence-electron chi connectivity index (χ4n) is 0. The molecule has 0 aliphatic heterocycles. The van der Waals surface area contributed by atoms with Gasteiger partial charge in [-0.15, -0.1) is 0 Å². The Labute approximate surface area is 90.1 Å². The summed E-state index contributed by atoms with van der Waals surface area (Å²) in [5, 5.41) is 21.4. The average molecular weight is 216 g/mol. The van der Waals surface area contributed by atoms with Crippen molar-refractivity contribution < 1.29 is 73.6 Å². The molecule has 0 aromatic carbocycles. The largest absolute Gasteiger partial charge is 1.00 e. The van der Waals surface area contributed by atoms with Crippen LogP contribution in [0.4, 0.5) is 4.79 Å². The van der Waals surface area contributed by atoms with E-state index in [9.17, 15) is 0 Å². The van der Waals surface area contributed by atoms with Gasteiger partial charge in [0.1, 0.15) is 0 Å². The Morgan fingerprint density at radius 1 is 1.33 bits per heavy atom. The molecule has 0 fully saturated rings. The summed E-state index contributed by atoms with van der Waals surface area (Å²) in [6, 6.07) is 0. The normalized spacial score (nSPS) is 8.58. The Kier molecular flexibility index (Phi) is 13.7. The van der Waals surface area contributed by atoms with Gasteiger partial charge < -0.3 is 6.53 Å². The van der Waals surface area contributed by atoms with Crippen LogP contribution < -0.4 is 29.6 Å². The van der Waals surface area contributed by atoms with Crippen LogP contribution in [0.25, 0.3) is 0 Å². The quantitative estimate of drug-likeness (QED) is 0.152. The van der Waals surface area contributed by atoms with Crippen LogP contribution in [0.2, 0.25) is 0 Å². The molecule has 0 unspecified atom stereocenters. The summed E-state index contributed by atoms with van der Waals surface area (Å²) >= 11 is 0. The van der Waals surface area contributed by atoms with Gasteiger partial charge >= 0.3 is 46.1 Å². The van der Waals surface area contributed by atoms with E-state index in [4.69, 9.17) is 33.4 Å². The zero-order valence-corrected chi connectivity index (χ0v) is 8.55. The monoisotopic (exact) mass is 216 g/mol. The fourth-order valence-corrected chi connectivity index (χ4v) is 0. The van der Waals surface area contributed by atoms with Gasteiger partial charge in [-0.25, -0.2) is 10.1 Å². The zero-order valence-electron chi connectivity index (χ0n) is 6.74. The van der Waals surface area contributed by atoms with Gasteiger partial charge in [0, 0.05) is 0 Å². The van der Waals surface area contributed by atoms with Gasteiger partial charge in [-0.2, -0.15) is 13.7 Å². The molecule has 0 heterocycles. The summed E-state index contributed by atoms with van der Waals surface area (Å²) in [7, 11) is -4.61. The first kappa shape index (κ1) is 18.0. The molecule has 0 aliphatic carbocycles. The van der Waals surface area contributed by atoms with Gasteiger partial charge in [-0.1, -0.05) is 4.33 Å². The Morgan fingerprint density at radius 3 is 1.50 bits per heavy atom. The summed E-state index contributed by atoms with van der Waals surface area (Å²) in [6.07, 6.45) is -1.69. The van der Waals surface area contributed by atoms with Crippen LogP contribution in [-0.2, 0) is 19.6 Å². The van der Waals surface area contributed by atoms with E-state index in [0.29, 0.717) is 0 Å². The molecule has 9 nitrogen and oxygen atoms in total. The van der Waals surface area contributed by atoms with E-state index in [0.717, 1.165) is 0 Å². The Balaban J connectivity index is -0.0000000546. The van der Waals surface area contributed by atoms with Crippen LogP contribution in [0.3, 0.4) is 0 Å². The van der Waals surface area contributed by atoms with Crippen molar-refractivity contribution in [2.45, 2.75) is 0 Å². The molecule has 0 aromatic heterocycles. The fraction of sp³-hybridized carbons (Fsp3) is 0. The first-order valence-electron chi connectivity index (χ1n) is 1.68. The summed E-state index contributed by atoms with van der Waals surface area (Å²) in [5.74, 6) is 0. The number of hydrogen-bond donors (Lipinski definition) is 4. The third-order valence-corrected chi connectivity index (χ3v) is 0.361. The van der Waals surface area contributed by atoms with Gasteiger partial charge in [-0.05, 0) is 0 Å². The molecule has 70 valence electrons. The molecule has 0 rings (SSSR count). The zero-order chi connectivity index (χ0) is 9.49. The summed E-state index contributed by atoms with van der Waals surface area (Å²) < 4.78 is 28.0. The molecule has 0 saturated heterocycles. The topological polar surface area (TPSA) is 151 Å². The van der Waals surface area contributed by atoms with E-state index in [1.807, 2.05) is 0 Å². The van der Waals surface area contributed by atoms with E-state index >= 15 is 0 Å². The first-order chi connectivity index (χ1) is 4.83. The SMILES string of the molecule is O=C(O)OO.O=S(=O)(O)OO.[H-].[Na+]. The molecule has 12 heavy (non-hydrogen) atoms. The van der Waals surface area contributed by atoms with Crippen molar-refractivity contribution in [2.24, 2.45) is 0 Å². The molecule has 11 heteroatoms.